The van der Waals surface area contributed by atoms with Crippen molar-refractivity contribution < 1.29 is 27.9 Å². The van der Waals surface area contributed by atoms with Gasteiger partial charge in [-0.25, -0.2) is 0 Å². The van der Waals surface area contributed by atoms with Gasteiger partial charge in [-0.3, -0.25) is 9.59 Å². The Bertz CT molecular complexity index is 400. The van der Waals surface area contributed by atoms with Gasteiger partial charge in [0.05, 0.1) is 5.41 Å². The summed E-state index contributed by atoms with van der Waals surface area (Å²) in [7, 11) is 0. The SMILES string of the molecule is CCC(CC)(CNC(=O)C1(C(F)(F)F)CCNC1)C(=O)O. The van der Waals surface area contributed by atoms with Gasteiger partial charge in [0, 0.05) is 13.1 Å². The highest BCUT2D eigenvalue weighted by Crippen LogP contribution is 2.43. The molecule has 0 aromatic rings. The fourth-order valence-electron chi connectivity index (χ4n) is 2.55. The highest BCUT2D eigenvalue weighted by molar-refractivity contribution is 5.85. The minimum absolute atomic E-state index is 0.110. The van der Waals surface area contributed by atoms with Crippen LogP contribution in [0.4, 0.5) is 13.2 Å². The maximum Gasteiger partial charge on any atom is 0.404 e. The first kappa shape index (κ1) is 17.7. The summed E-state index contributed by atoms with van der Waals surface area (Å²) in [5.74, 6) is -2.26. The van der Waals surface area contributed by atoms with Gasteiger partial charge >= 0.3 is 12.1 Å². The Hall–Kier alpha value is -1.31. The maximum absolute atomic E-state index is 13.2. The Balaban J connectivity index is 2.87. The van der Waals surface area contributed by atoms with E-state index in [1.165, 1.54) is 0 Å². The van der Waals surface area contributed by atoms with Gasteiger partial charge in [0.1, 0.15) is 0 Å². The largest absolute Gasteiger partial charge is 0.481 e. The second kappa shape index (κ2) is 6.21. The molecule has 5 nitrogen and oxygen atoms in total. The number of nitrogens with one attached hydrogen (secondary N) is 2. The van der Waals surface area contributed by atoms with Crippen LogP contribution < -0.4 is 10.6 Å². The Kier molecular flexibility index (Phi) is 5.25. The average molecular weight is 310 g/mol. The molecular weight excluding hydrogens is 289 g/mol. The van der Waals surface area contributed by atoms with E-state index in [1.807, 2.05) is 0 Å². The lowest BCUT2D eigenvalue weighted by Gasteiger charge is -2.32. The summed E-state index contributed by atoms with van der Waals surface area (Å²) in [6.45, 7) is 2.62. The normalized spacial score (nSPS) is 23.1. The van der Waals surface area contributed by atoms with Gasteiger partial charge in [0.25, 0.3) is 0 Å². The van der Waals surface area contributed by atoms with Crippen LogP contribution in [-0.2, 0) is 9.59 Å². The van der Waals surface area contributed by atoms with E-state index < -0.39 is 35.4 Å². The number of carboxylic acid groups (broad SMARTS) is 1. The summed E-state index contributed by atoms with van der Waals surface area (Å²) in [6, 6.07) is 0. The van der Waals surface area contributed by atoms with Crippen molar-refractivity contribution in [2.24, 2.45) is 10.8 Å². The number of halogens is 3. The van der Waals surface area contributed by atoms with Crippen molar-refractivity contribution in [3.05, 3.63) is 0 Å². The molecule has 0 aliphatic carbocycles. The zero-order valence-electron chi connectivity index (χ0n) is 12.1. The molecule has 1 fully saturated rings. The third-order valence-corrected chi connectivity index (χ3v) is 4.53. The lowest BCUT2D eigenvalue weighted by Crippen LogP contribution is -2.54. The van der Waals surface area contributed by atoms with Crippen LogP contribution in [0.5, 0.6) is 0 Å². The number of alkyl halides is 3. The molecule has 1 saturated heterocycles. The fourth-order valence-corrected chi connectivity index (χ4v) is 2.55. The van der Waals surface area contributed by atoms with Gasteiger partial charge < -0.3 is 15.7 Å². The number of aliphatic carboxylic acids is 1. The lowest BCUT2D eigenvalue weighted by molar-refractivity contribution is -0.216. The molecule has 0 bridgehead atoms. The van der Waals surface area contributed by atoms with Gasteiger partial charge in [-0.1, -0.05) is 13.8 Å². The van der Waals surface area contributed by atoms with Crippen molar-refractivity contribution in [1.82, 2.24) is 10.6 Å². The van der Waals surface area contributed by atoms with Gasteiger partial charge in [-0.2, -0.15) is 13.2 Å². The topological polar surface area (TPSA) is 78.4 Å². The van der Waals surface area contributed by atoms with Gasteiger partial charge in [0.15, 0.2) is 5.41 Å². The molecule has 1 amide bonds. The molecule has 0 spiro atoms. The molecule has 122 valence electrons. The van der Waals surface area contributed by atoms with E-state index in [-0.39, 0.29) is 32.4 Å². The summed E-state index contributed by atoms with van der Waals surface area (Å²) in [6.07, 6.45) is -4.53. The molecule has 21 heavy (non-hydrogen) atoms. The number of hydrogen-bond acceptors (Lipinski definition) is 3. The average Bonchev–Trinajstić information content (AvgIpc) is 2.90. The summed E-state index contributed by atoms with van der Waals surface area (Å²) in [5, 5.41) is 14.0. The predicted octanol–water partition coefficient (Wildman–Crippen LogP) is 1.54. The Labute approximate surface area is 121 Å². The summed E-state index contributed by atoms with van der Waals surface area (Å²) in [5.41, 5.74) is -3.69. The molecule has 3 N–H and O–H groups in total. The van der Waals surface area contributed by atoms with Crippen molar-refractivity contribution in [3.8, 4) is 0 Å². The quantitative estimate of drug-likeness (QED) is 0.695. The molecule has 8 heteroatoms. The third kappa shape index (κ3) is 3.14. The highest BCUT2D eigenvalue weighted by Gasteiger charge is 2.61. The van der Waals surface area contributed by atoms with E-state index in [4.69, 9.17) is 0 Å². The molecule has 1 unspecified atom stereocenters. The molecule has 1 aliphatic heterocycles. The summed E-state index contributed by atoms with van der Waals surface area (Å²) >= 11 is 0. The lowest BCUT2D eigenvalue weighted by atomic mass is 9.81. The maximum atomic E-state index is 13.2. The van der Waals surface area contributed by atoms with Crippen LogP contribution in [0.25, 0.3) is 0 Å². The van der Waals surface area contributed by atoms with Crippen LogP contribution in [0.15, 0.2) is 0 Å². The molecule has 0 radical (unpaired) electrons. The van der Waals surface area contributed by atoms with E-state index >= 15 is 0 Å². The highest BCUT2D eigenvalue weighted by atomic mass is 19.4. The Morgan fingerprint density at radius 1 is 1.29 bits per heavy atom. The number of hydrogen-bond donors (Lipinski definition) is 3. The molecule has 1 heterocycles. The molecule has 0 aromatic heterocycles. The van der Waals surface area contributed by atoms with E-state index in [1.54, 1.807) is 13.8 Å². The minimum Gasteiger partial charge on any atom is -0.481 e. The third-order valence-electron chi connectivity index (χ3n) is 4.53. The second-order valence-corrected chi connectivity index (χ2v) is 5.48. The first-order valence-electron chi connectivity index (χ1n) is 6.94. The second-order valence-electron chi connectivity index (χ2n) is 5.48. The van der Waals surface area contributed by atoms with Crippen LogP contribution in [0.1, 0.15) is 33.1 Å². The zero-order chi connectivity index (χ0) is 16.3. The Morgan fingerprint density at radius 3 is 2.19 bits per heavy atom. The summed E-state index contributed by atoms with van der Waals surface area (Å²) < 4.78 is 39.6. The van der Waals surface area contributed by atoms with Gasteiger partial charge in [0.2, 0.25) is 5.91 Å². The smallest absolute Gasteiger partial charge is 0.404 e. The number of carbonyl (C=O) groups is 2. The minimum atomic E-state index is -4.66. The van der Waals surface area contributed by atoms with Gasteiger partial charge in [-0.15, -0.1) is 0 Å². The standard InChI is InChI=1S/C13H21F3N2O3/c1-3-11(4-2,10(20)21)7-18-9(19)12(13(14,15)16)5-6-17-8-12/h17H,3-8H2,1-2H3,(H,18,19)(H,20,21). The molecular formula is C13H21F3N2O3. The van der Waals surface area contributed by atoms with Crippen molar-refractivity contribution in [2.45, 2.75) is 39.3 Å². The Morgan fingerprint density at radius 2 is 1.86 bits per heavy atom. The molecule has 1 atom stereocenters. The van der Waals surface area contributed by atoms with Crippen molar-refractivity contribution >= 4 is 11.9 Å². The molecule has 0 saturated carbocycles. The van der Waals surface area contributed by atoms with Crippen molar-refractivity contribution in [2.75, 3.05) is 19.6 Å². The van der Waals surface area contributed by atoms with E-state index in [0.29, 0.717) is 0 Å². The monoisotopic (exact) mass is 310 g/mol. The van der Waals surface area contributed by atoms with Crippen LogP contribution in [-0.4, -0.2) is 42.8 Å². The van der Waals surface area contributed by atoms with Gasteiger partial charge in [-0.05, 0) is 25.8 Å². The van der Waals surface area contributed by atoms with Crippen LogP contribution in [0.2, 0.25) is 0 Å². The number of amides is 1. The first-order chi connectivity index (χ1) is 9.65. The predicted molar refractivity (Wildman–Crippen MR) is 69.6 cm³/mol. The van der Waals surface area contributed by atoms with Crippen LogP contribution in [0.3, 0.4) is 0 Å². The van der Waals surface area contributed by atoms with E-state index in [0.717, 1.165) is 0 Å². The molecule has 1 rings (SSSR count). The van der Waals surface area contributed by atoms with Crippen LogP contribution in [0, 0.1) is 10.8 Å². The van der Waals surface area contributed by atoms with E-state index in [9.17, 15) is 27.9 Å². The molecule has 1 aliphatic rings. The first-order valence-corrected chi connectivity index (χ1v) is 6.94. The zero-order valence-corrected chi connectivity index (χ0v) is 12.1. The molecule has 0 aromatic carbocycles. The summed E-state index contributed by atoms with van der Waals surface area (Å²) in [4.78, 5) is 23.4. The number of carbonyl (C=O) groups excluding carboxylic acids is 1. The van der Waals surface area contributed by atoms with E-state index in [2.05, 4.69) is 10.6 Å². The number of carboxylic acids is 1. The van der Waals surface area contributed by atoms with Crippen LogP contribution >= 0.6 is 0 Å². The van der Waals surface area contributed by atoms with Crippen molar-refractivity contribution in [1.29, 1.82) is 0 Å². The van der Waals surface area contributed by atoms with Crippen molar-refractivity contribution in [3.63, 3.8) is 0 Å². The number of rotatable bonds is 6. The fraction of sp³-hybridized carbons (Fsp3) is 0.846.